The number of carbonyl (C=O) groups excluding carboxylic acids is 1. The lowest BCUT2D eigenvalue weighted by Gasteiger charge is -2.11. The predicted octanol–water partition coefficient (Wildman–Crippen LogP) is 4.52. The number of methoxy groups -OCH3 is 2. The molecule has 10 heteroatoms. The van der Waals surface area contributed by atoms with Gasteiger partial charge in [-0.2, -0.15) is 0 Å². The Kier molecular flexibility index (Phi) is 7.51. The summed E-state index contributed by atoms with van der Waals surface area (Å²) in [6.45, 7) is 0.236. The number of nitrogens with one attached hydrogen (secondary N) is 1. The van der Waals surface area contributed by atoms with Crippen LogP contribution in [0.2, 0.25) is 0 Å². The van der Waals surface area contributed by atoms with Gasteiger partial charge in [-0.05, 0) is 48.9 Å². The Labute approximate surface area is 206 Å². The van der Waals surface area contributed by atoms with E-state index in [0.29, 0.717) is 16.9 Å². The van der Waals surface area contributed by atoms with Crippen molar-refractivity contribution in [3.63, 3.8) is 0 Å². The first-order valence-electron chi connectivity index (χ1n) is 10.8. The maximum absolute atomic E-state index is 12.6. The van der Waals surface area contributed by atoms with E-state index in [2.05, 4.69) is 10.3 Å². The molecule has 0 bridgehead atoms. The van der Waals surface area contributed by atoms with Gasteiger partial charge in [0.25, 0.3) is 11.6 Å². The smallest absolute Gasteiger partial charge is 0.276 e. The van der Waals surface area contributed by atoms with E-state index in [1.165, 1.54) is 20.3 Å². The minimum absolute atomic E-state index is 0.0797. The standard InChI is InChI=1S/C25H24N4O5S/c1-33-22-13-18(21(29(31)32)14-23(22)34-2)10-11-26-25(30)17-6-8-20(9-7-17)35-16-19-15-28-12-4-3-5-24(28)27-19/h3-9,12-15H,10-11,16H2,1-2H3,(H,26,30). The molecule has 0 fully saturated rings. The molecule has 0 saturated carbocycles. The molecule has 0 aliphatic carbocycles. The molecule has 0 aliphatic heterocycles. The minimum atomic E-state index is -0.470. The first kappa shape index (κ1) is 24.1. The lowest BCUT2D eigenvalue weighted by molar-refractivity contribution is -0.385. The molecule has 4 rings (SSSR count). The molecule has 2 heterocycles. The van der Waals surface area contributed by atoms with E-state index in [4.69, 9.17) is 9.47 Å². The van der Waals surface area contributed by atoms with Crippen molar-refractivity contribution in [2.75, 3.05) is 20.8 Å². The molecule has 0 unspecified atom stereocenters. The van der Waals surface area contributed by atoms with Gasteiger partial charge in [0.2, 0.25) is 0 Å². The number of nitro benzene ring substituents is 1. The first-order chi connectivity index (χ1) is 17.0. The number of hydrogen-bond donors (Lipinski definition) is 1. The van der Waals surface area contributed by atoms with Crippen LogP contribution in [0.15, 0.2) is 71.9 Å². The number of hydrogen-bond acceptors (Lipinski definition) is 7. The molecular weight excluding hydrogens is 468 g/mol. The SMILES string of the molecule is COc1cc(CCNC(=O)c2ccc(SCc3cn4ccccc4n3)cc2)c([N+](=O)[O-])cc1OC. The summed E-state index contributed by atoms with van der Waals surface area (Å²) in [5.74, 6) is 1.16. The number of ether oxygens (including phenoxy) is 2. The Balaban J connectivity index is 1.33. The highest BCUT2D eigenvalue weighted by Gasteiger charge is 2.19. The summed E-state index contributed by atoms with van der Waals surface area (Å²) in [5, 5.41) is 14.3. The van der Waals surface area contributed by atoms with Crippen LogP contribution in [0.4, 0.5) is 5.69 Å². The number of rotatable bonds is 10. The molecule has 35 heavy (non-hydrogen) atoms. The average molecular weight is 493 g/mol. The normalized spacial score (nSPS) is 10.8. The zero-order chi connectivity index (χ0) is 24.8. The van der Waals surface area contributed by atoms with E-state index in [9.17, 15) is 14.9 Å². The molecule has 2 aromatic carbocycles. The van der Waals surface area contributed by atoms with Crippen molar-refractivity contribution in [3.8, 4) is 11.5 Å². The zero-order valence-corrected chi connectivity index (χ0v) is 20.1. The number of aromatic nitrogens is 2. The van der Waals surface area contributed by atoms with Crippen LogP contribution in [0.25, 0.3) is 5.65 Å². The van der Waals surface area contributed by atoms with Crippen LogP contribution in [0.5, 0.6) is 11.5 Å². The van der Waals surface area contributed by atoms with Crippen LogP contribution in [0, 0.1) is 10.1 Å². The number of amides is 1. The summed E-state index contributed by atoms with van der Waals surface area (Å²) in [7, 11) is 2.89. The monoisotopic (exact) mass is 492 g/mol. The lowest BCUT2D eigenvalue weighted by atomic mass is 10.1. The Bertz CT molecular complexity index is 1320. The molecule has 1 amide bonds. The van der Waals surface area contributed by atoms with Crippen molar-refractivity contribution < 1.29 is 19.2 Å². The quantitative estimate of drug-likeness (QED) is 0.197. The summed E-state index contributed by atoms with van der Waals surface area (Å²) in [6, 6.07) is 16.1. The third kappa shape index (κ3) is 5.72. The minimum Gasteiger partial charge on any atom is -0.493 e. The number of thioether (sulfide) groups is 1. The zero-order valence-electron chi connectivity index (χ0n) is 19.3. The summed E-state index contributed by atoms with van der Waals surface area (Å²) in [5.41, 5.74) is 2.78. The molecule has 180 valence electrons. The number of carbonyl (C=O) groups is 1. The Morgan fingerprint density at radius 3 is 2.54 bits per heavy atom. The molecule has 1 N–H and O–H groups in total. The maximum Gasteiger partial charge on any atom is 0.276 e. The van der Waals surface area contributed by atoms with Crippen molar-refractivity contribution in [2.45, 2.75) is 17.1 Å². The number of fused-ring (bicyclic) bond motifs is 1. The van der Waals surface area contributed by atoms with Crippen molar-refractivity contribution >= 4 is 29.0 Å². The van der Waals surface area contributed by atoms with E-state index < -0.39 is 4.92 Å². The van der Waals surface area contributed by atoms with Crippen LogP contribution in [0.1, 0.15) is 21.6 Å². The van der Waals surface area contributed by atoms with Gasteiger partial charge in [-0.15, -0.1) is 11.8 Å². The molecule has 0 aliphatic rings. The van der Waals surface area contributed by atoms with Crippen LogP contribution in [0.3, 0.4) is 0 Å². The molecular formula is C25H24N4O5S. The van der Waals surface area contributed by atoms with Gasteiger partial charge >= 0.3 is 0 Å². The Hall–Kier alpha value is -4.05. The fraction of sp³-hybridized carbons (Fsp3) is 0.200. The van der Waals surface area contributed by atoms with Gasteiger partial charge in [0.15, 0.2) is 11.5 Å². The molecule has 0 radical (unpaired) electrons. The van der Waals surface area contributed by atoms with Crippen molar-refractivity contribution in [2.24, 2.45) is 0 Å². The number of imidazole rings is 1. The van der Waals surface area contributed by atoms with Crippen molar-refractivity contribution in [1.82, 2.24) is 14.7 Å². The van der Waals surface area contributed by atoms with Gasteiger partial charge < -0.3 is 19.2 Å². The third-order valence-electron chi connectivity index (χ3n) is 5.38. The van der Waals surface area contributed by atoms with Crippen LogP contribution < -0.4 is 14.8 Å². The Morgan fingerprint density at radius 1 is 1.11 bits per heavy atom. The molecule has 2 aromatic heterocycles. The second-order valence-corrected chi connectivity index (χ2v) is 8.66. The summed E-state index contributed by atoms with van der Waals surface area (Å²) < 4.78 is 12.4. The van der Waals surface area contributed by atoms with Gasteiger partial charge in [-0.3, -0.25) is 14.9 Å². The summed E-state index contributed by atoms with van der Waals surface area (Å²) in [6.07, 6.45) is 4.25. The van der Waals surface area contributed by atoms with Gasteiger partial charge in [-0.25, -0.2) is 4.98 Å². The number of benzene rings is 2. The van der Waals surface area contributed by atoms with E-state index in [-0.39, 0.29) is 30.3 Å². The Morgan fingerprint density at radius 2 is 1.86 bits per heavy atom. The topological polar surface area (TPSA) is 108 Å². The highest BCUT2D eigenvalue weighted by molar-refractivity contribution is 7.98. The van der Waals surface area contributed by atoms with Gasteiger partial charge in [0.05, 0.1) is 30.9 Å². The second kappa shape index (κ2) is 10.9. The molecule has 0 saturated heterocycles. The fourth-order valence-corrected chi connectivity index (χ4v) is 4.39. The van der Waals surface area contributed by atoms with Crippen LogP contribution in [-0.4, -0.2) is 41.0 Å². The number of nitro groups is 1. The number of pyridine rings is 1. The molecule has 4 aromatic rings. The third-order valence-corrected chi connectivity index (χ3v) is 6.42. The van der Waals surface area contributed by atoms with Gasteiger partial charge in [0.1, 0.15) is 5.65 Å². The first-order valence-corrected chi connectivity index (χ1v) is 11.8. The highest BCUT2D eigenvalue weighted by atomic mass is 32.2. The maximum atomic E-state index is 12.6. The van der Waals surface area contributed by atoms with Gasteiger partial charge in [-0.1, -0.05) is 6.07 Å². The van der Waals surface area contributed by atoms with E-state index in [1.54, 1.807) is 30.0 Å². The lowest BCUT2D eigenvalue weighted by Crippen LogP contribution is -2.25. The number of nitrogens with zero attached hydrogens (tertiary/aromatic N) is 3. The second-order valence-electron chi connectivity index (χ2n) is 7.61. The average Bonchev–Trinajstić information content (AvgIpc) is 3.30. The van der Waals surface area contributed by atoms with Crippen LogP contribution in [-0.2, 0) is 12.2 Å². The summed E-state index contributed by atoms with van der Waals surface area (Å²) in [4.78, 5) is 29.1. The molecule has 0 spiro atoms. The largest absolute Gasteiger partial charge is 0.493 e. The van der Waals surface area contributed by atoms with Gasteiger partial charge in [0, 0.05) is 40.7 Å². The predicted molar refractivity (Wildman–Crippen MR) is 133 cm³/mol. The van der Waals surface area contributed by atoms with Crippen LogP contribution >= 0.6 is 11.8 Å². The molecule has 9 nitrogen and oxygen atoms in total. The highest BCUT2D eigenvalue weighted by Crippen LogP contribution is 2.34. The van der Waals surface area contributed by atoms with Crippen molar-refractivity contribution in [1.29, 1.82) is 0 Å². The van der Waals surface area contributed by atoms with Crippen molar-refractivity contribution in [3.05, 3.63) is 93.9 Å². The van der Waals surface area contributed by atoms with E-state index in [1.807, 2.05) is 47.1 Å². The summed E-state index contributed by atoms with van der Waals surface area (Å²) >= 11 is 1.64. The van der Waals surface area contributed by atoms with E-state index in [0.717, 1.165) is 22.0 Å². The molecule has 0 atom stereocenters. The van der Waals surface area contributed by atoms with E-state index >= 15 is 0 Å². The fourth-order valence-electron chi connectivity index (χ4n) is 3.61.